The van der Waals surface area contributed by atoms with Crippen molar-refractivity contribution in [1.82, 2.24) is 0 Å². The van der Waals surface area contributed by atoms with Gasteiger partial charge in [0.05, 0.1) is 6.04 Å². The summed E-state index contributed by atoms with van der Waals surface area (Å²) in [4.78, 5) is 14.7. The third-order valence-corrected chi connectivity index (χ3v) is 5.32. The minimum Gasteiger partial charge on any atom is -0.360 e. The zero-order chi connectivity index (χ0) is 16.0. The van der Waals surface area contributed by atoms with Crippen molar-refractivity contribution in [2.45, 2.75) is 31.3 Å². The van der Waals surface area contributed by atoms with Crippen molar-refractivity contribution < 1.29 is 9.18 Å². The van der Waals surface area contributed by atoms with Crippen LogP contribution in [0, 0.1) is 11.7 Å². The molecule has 0 spiro atoms. The molecule has 0 radical (unpaired) electrons. The highest BCUT2D eigenvalue weighted by atomic mass is 35.5. The van der Waals surface area contributed by atoms with Gasteiger partial charge >= 0.3 is 0 Å². The Kier molecular flexibility index (Phi) is 3.61. The number of anilines is 1. The van der Waals surface area contributed by atoms with Gasteiger partial charge in [-0.25, -0.2) is 4.39 Å². The maximum atomic E-state index is 13.3. The van der Waals surface area contributed by atoms with Crippen molar-refractivity contribution in [3.8, 4) is 0 Å². The monoisotopic (exact) mass is 329 g/mol. The van der Waals surface area contributed by atoms with Gasteiger partial charge in [0.15, 0.2) is 0 Å². The van der Waals surface area contributed by atoms with Crippen LogP contribution in [-0.4, -0.2) is 11.8 Å². The first-order valence-corrected chi connectivity index (χ1v) is 8.33. The van der Waals surface area contributed by atoms with Crippen LogP contribution in [0.15, 0.2) is 48.5 Å². The second-order valence-electron chi connectivity index (χ2n) is 6.39. The van der Waals surface area contributed by atoms with Crippen molar-refractivity contribution in [2.75, 3.05) is 4.90 Å². The van der Waals surface area contributed by atoms with Crippen molar-refractivity contribution in [3.63, 3.8) is 0 Å². The van der Waals surface area contributed by atoms with Gasteiger partial charge < -0.3 is 4.90 Å². The molecule has 3 aliphatic rings. The van der Waals surface area contributed by atoms with Crippen molar-refractivity contribution in [1.29, 1.82) is 0 Å². The Labute approximate surface area is 139 Å². The largest absolute Gasteiger partial charge is 0.360 e. The molecular weight excluding hydrogens is 313 g/mol. The lowest BCUT2D eigenvalue weighted by molar-refractivity contribution is -0.128. The number of carbonyl (C=O) groups excluding carboxylic acids is 1. The molecule has 2 aromatic rings. The Bertz CT molecular complexity index is 728. The molecule has 3 fully saturated rings. The van der Waals surface area contributed by atoms with Gasteiger partial charge in [0, 0.05) is 29.1 Å². The highest BCUT2D eigenvalue weighted by Gasteiger charge is 2.47. The van der Waals surface area contributed by atoms with Crippen molar-refractivity contribution in [2.24, 2.45) is 5.92 Å². The summed E-state index contributed by atoms with van der Waals surface area (Å²) in [5.41, 5.74) is 2.08. The Morgan fingerprint density at radius 2 is 1.70 bits per heavy atom. The van der Waals surface area contributed by atoms with Gasteiger partial charge in [0.25, 0.3) is 0 Å². The van der Waals surface area contributed by atoms with E-state index in [1.807, 2.05) is 24.3 Å². The molecule has 3 atom stereocenters. The van der Waals surface area contributed by atoms with Gasteiger partial charge in [-0.1, -0.05) is 23.7 Å². The van der Waals surface area contributed by atoms with Crippen LogP contribution in [-0.2, 0) is 4.79 Å². The van der Waals surface area contributed by atoms with E-state index in [1.165, 1.54) is 12.1 Å². The molecule has 2 saturated heterocycles. The third-order valence-electron chi connectivity index (χ3n) is 5.07. The molecule has 2 nitrogen and oxygen atoms in total. The number of nitrogens with zero attached hydrogens (tertiary/aromatic N) is 1. The number of fused-ring (bicyclic) bond motifs is 3. The van der Waals surface area contributed by atoms with Crippen molar-refractivity contribution >= 4 is 23.1 Å². The first-order chi connectivity index (χ1) is 11.1. The van der Waals surface area contributed by atoms with Crippen LogP contribution in [0.25, 0.3) is 0 Å². The summed E-state index contributed by atoms with van der Waals surface area (Å²) < 4.78 is 13.3. The lowest BCUT2D eigenvalue weighted by Crippen LogP contribution is -2.54. The van der Waals surface area contributed by atoms with Crippen LogP contribution in [0.2, 0.25) is 5.02 Å². The molecule has 5 rings (SSSR count). The normalized spacial score (nSPS) is 26.6. The van der Waals surface area contributed by atoms with Crippen LogP contribution < -0.4 is 4.90 Å². The molecule has 0 aromatic heterocycles. The molecule has 2 aliphatic heterocycles. The lowest BCUT2D eigenvalue weighted by Gasteiger charge is -2.52. The molecule has 1 aliphatic carbocycles. The molecule has 2 bridgehead atoms. The first-order valence-electron chi connectivity index (χ1n) is 7.95. The minimum absolute atomic E-state index is 0.0128. The van der Waals surface area contributed by atoms with Gasteiger partial charge in [0.2, 0.25) is 0 Å². The van der Waals surface area contributed by atoms with Crippen LogP contribution in [0.4, 0.5) is 10.1 Å². The molecule has 2 aromatic carbocycles. The van der Waals surface area contributed by atoms with E-state index in [4.69, 9.17) is 11.6 Å². The third kappa shape index (κ3) is 2.53. The quantitative estimate of drug-likeness (QED) is 0.790. The molecule has 4 heteroatoms. The molecule has 23 heavy (non-hydrogen) atoms. The van der Waals surface area contributed by atoms with Crippen LogP contribution in [0.1, 0.15) is 30.9 Å². The van der Waals surface area contributed by atoms with E-state index in [1.54, 1.807) is 12.1 Å². The summed E-state index contributed by atoms with van der Waals surface area (Å²) in [6.45, 7) is 0. The molecule has 1 unspecified atom stereocenters. The minimum atomic E-state index is -0.251. The van der Waals surface area contributed by atoms with E-state index in [9.17, 15) is 9.18 Å². The molecule has 0 N–H and O–H groups in total. The maximum absolute atomic E-state index is 13.3. The summed E-state index contributed by atoms with van der Waals surface area (Å²) in [6.07, 6.45) is 2.54. The van der Waals surface area contributed by atoms with E-state index < -0.39 is 0 Å². The zero-order valence-electron chi connectivity index (χ0n) is 12.6. The fourth-order valence-electron chi connectivity index (χ4n) is 4.05. The van der Waals surface area contributed by atoms with E-state index >= 15 is 0 Å². The average molecular weight is 330 g/mol. The van der Waals surface area contributed by atoms with Gasteiger partial charge in [0.1, 0.15) is 11.6 Å². The summed E-state index contributed by atoms with van der Waals surface area (Å²) in [6, 6.07) is 14.5. The number of hydrogen-bond donors (Lipinski definition) is 0. The summed E-state index contributed by atoms with van der Waals surface area (Å²) in [7, 11) is 0. The van der Waals surface area contributed by atoms with Gasteiger partial charge in [-0.2, -0.15) is 0 Å². The maximum Gasteiger partial charge on any atom is 0.140 e. The molecular formula is C19H17ClFNO. The average Bonchev–Trinajstić information content (AvgIpc) is 2.56. The standard InChI is InChI=1S/C19H17ClFNO/c20-13-3-7-15(8-4-13)22-16-9-10-17(18(23)11-16)19(22)12-1-5-14(21)6-2-12/h1-8,16-17,19H,9-11H2/t16-,17+,19?/m0/s1. The number of rotatable bonds is 2. The van der Waals surface area contributed by atoms with E-state index in [0.717, 1.165) is 24.1 Å². The number of Topliss-reactive ketones (excluding diaryl/α,β-unsaturated/α-hetero) is 1. The second kappa shape index (κ2) is 5.64. The zero-order valence-corrected chi connectivity index (χ0v) is 13.3. The number of hydrogen-bond acceptors (Lipinski definition) is 2. The topological polar surface area (TPSA) is 20.3 Å². The van der Waals surface area contributed by atoms with Crippen LogP contribution >= 0.6 is 11.6 Å². The predicted octanol–water partition coefficient (Wildman–Crippen LogP) is 4.78. The highest BCUT2D eigenvalue weighted by molar-refractivity contribution is 6.30. The van der Waals surface area contributed by atoms with E-state index in [-0.39, 0.29) is 23.8 Å². The highest BCUT2D eigenvalue weighted by Crippen LogP contribution is 2.47. The Balaban J connectivity index is 1.79. The van der Waals surface area contributed by atoms with Gasteiger partial charge in [-0.05, 0) is 54.8 Å². The molecule has 118 valence electrons. The number of ketones is 1. The van der Waals surface area contributed by atoms with Crippen LogP contribution in [0.5, 0.6) is 0 Å². The van der Waals surface area contributed by atoms with Crippen molar-refractivity contribution in [3.05, 3.63) is 64.9 Å². The fraction of sp³-hybridized carbons (Fsp3) is 0.316. The lowest BCUT2D eigenvalue weighted by atomic mass is 9.71. The summed E-state index contributed by atoms with van der Waals surface area (Å²) in [5, 5.41) is 0.699. The SMILES string of the molecule is O=C1C[C@@H]2CC[C@H]1C(c1ccc(F)cc1)N2c1ccc(Cl)cc1. The Morgan fingerprint density at radius 1 is 1.00 bits per heavy atom. The van der Waals surface area contributed by atoms with E-state index in [2.05, 4.69) is 4.90 Å². The van der Waals surface area contributed by atoms with E-state index in [0.29, 0.717) is 17.2 Å². The summed E-state index contributed by atoms with van der Waals surface area (Å²) >= 11 is 6.01. The second-order valence-corrected chi connectivity index (χ2v) is 6.82. The number of benzene rings is 2. The van der Waals surface area contributed by atoms with Gasteiger partial charge in [-0.3, -0.25) is 4.79 Å². The van der Waals surface area contributed by atoms with Crippen LogP contribution in [0.3, 0.4) is 0 Å². The smallest absolute Gasteiger partial charge is 0.140 e. The molecule has 0 amide bonds. The molecule has 1 saturated carbocycles. The number of carbonyl (C=O) groups is 1. The van der Waals surface area contributed by atoms with Gasteiger partial charge in [-0.15, -0.1) is 0 Å². The number of piperidine rings is 2. The number of halogens is 2. The summed E-state index contributed by atoms with van der Waals surface area (Å²) in [5.74, 6) is 0.0704. The first kappa shape index (κ1) is 14.7. The predicted molar refractivity (Wildman–Crippen MR) is 89.2 cm³/mol. The fourth-order valence-corrected chi connectivity index (χ4v) is 4.17. The Hall–Kier alpha value is -1.87. The Morgan fingerprint density at radius 3 is 2.35 bits per heavy atom. The molecule has 2 heterocycles.